The van der Waals surface area contributed by atoms with Crippen LogP contribution in [0.5, 0.6) is 0 Å². The first-order chi connectivity index (χ1) is 16.7. The zero-order valence-electron chi connectivity index (χ0n) is 21.1. The number of para-hydroxylation sites is 1. The number of likely N-dealkylation sites (N-methyl/N-ethyl adjacent to an activating group) is 1. The molecular formula is C24H43I2N3O5. The zero-order valence-corrected chi connectivity index (χ0v) is 25.5. The van der Waals surface area contributed by atoms with Crippen LogP contribution in [0.1, 0.15) is 20.8 Å². The third-order valence-corrected chi connectivity index (χ3v) is 5.02. The second-order valence-electron chi connectivity index (χ2n) is 7.14. The minimum absolute atomic E-state index is 0.0440. The summed E-state index contributed by atoms with van der Waals surface area (Å²) in [6, 6.07) is 9.40. The van der Waals surface area contributed by atoms with Gasteiger partial charge in [0.15, 0.2) is 0 Å². The van der Waals surface area contributed by atoms with Crippen LogP contribution in [0.25, 0.3) is 0 Å². The van der Waals surface area contributed by atoms with Gasteiger partial charge in [0.25, 0.3) is 0 Å². The molecule has 1 aliphatic rings. The van der Waals surface area contributed by atoms with E-state index in [1.807, 2.05) is 58.2 Å². The first kappa shape index (κ1) is 33.9. The van der Waals surface area contributed by atoms with Gasteiger partial charge in [0.2, 0.25) is 5.91 Å². The Labute approximate surface area is 229 Å². The van der Waals surface area contributed by atoms with Crippen molar-refractivity contribution in [2.24, 2.45) is 0 Å². The zero-order chi connectivity index (χ0) is 25.4. The highest BCUT2D eigenvalue weighted by Gasteiger charge is 2.24. The van der Waals surface area contributed by atoms with Crippen molar-refractivity contribution in [3.63, 3.8) is 0 Å². The number of hydrogen-bond donors (Lipinski definition) is 1. The molecule has 0 bridgehead atoms. The maximum atomic E-state index is 13.0. The van der Waals surface area contributed by atoms with E-state index in [2.05, 4.69) is 47.4 Å². The van der Waals surface area contributed by atoms with Gasteiger partial charge in [-0.25, -0.2) is 0 Å². The number of anilines is 1. The fourth-order valence-corrected chi connectivity index (χ4v) is 3.14. The summed E-state index contributed by atoms with van der Waals surface area (Å²) < 4.78 is 22.5. The molecule has 0 spiro atoms. The molecule has 8 nitrogen and oxygen atoms in total. The Morgan fingerprint density at radius 1 is 0.853 bits per heavy atom. The van der Waals surface area contributed by atoms with Gasteiger partial charge in [0, 0.05) is 76.1 Å². The van der Waals surface area contributed by atoms with Crippen molar-refractivity contribution in [1.82, 2.24) is 10.2 Å². The number of amides is 1. The van der Waals surface area contributed by atoms with Crippen LogP contribution in [0.15, 0.2) is 30.3 Å². The van der Waals surface area contributed by atoms with E-state index in [0.717, 1.165) is 18.8 Å². The molecule has 34 heavy (non-hydrogen) atoms. The molecule has 0 aromatic heterocycles. The average Bonchev–Trinajstić information content (AvgIpc) is 2.90. The van der Waals surface area contributed by atoms with Crippen LogP contribution < -0.4 is 10.2 Å². The minimum atomic E-state index is -0.286. The highest BCUT2D eigenvalue weighted by atomic mass is 128. The van der Waals surface area contributed by atoms with Crippen LogP contribution in [-0.2, 0) is 23.7 Å². The molecule has 1 amide bonds. The number of benzene rings is 1. The largest absolute Gasteiger partial charge is 0.378 e. The van der Waals surface area contributed by atoms with Crippen molar-refractivity contribution in [2.45, 2.75) is 26.8 Å². The maximum absolute atomic E-state index is 13.0. The van der Waals surface area contributed by atoms with Gasteiger partial charge in [-0.3, -0.25) is 9.69 Å². The third kappa shape index (κ3) is 15.8. The summed E-state index contributed by atoms with van der Waals surface area (Å²) in [6.07, 6.45) is 0. The fraction of sp³-hybridized carbons (Fsp3) is 0.708. The van der Waals surface area contributed by atoms with Gasteiger partial charge < -0.3 is 29.2 Å². The molecule has 0 radical (unpaired) electrons. The number of halogens is 2. The standard InChI is InChI=1S/C22H37N3O5.C2H6.I2/c1-20(22(26)24(2)21-6-4-3-5-7-21)25-10-14-29-18-16-27-12-8-23-9-13-28-17-19-30-15-11-25;2*1-2/h3-7,20,23H,8-19H2,1-2H3;1-2H3;. The number of rotatable bonds is 3. The summed E-state index contributed by atoms with van der Waals surface area (Å²) in [5.41, 5.74) is 0.882. The Morgan fingerprint density at radius 3 is 1.76 bits per heavy atom. The van der Waals surface area contributed by atoms with Crippen LogP contribution in [0.2, 0.25) is 0 Å². The van der Waals surface area contributed by atoms with E-state index in [-0.39, 0.29) is 11.9 Å². The van der Waals surface area contributed by atoms with E-state index in [1.54, 1.807) is 4.90 Å². The minimum Gasteiger partial charge on any atom is -0.378 e. The van der Waals surface area contributed by atoms with Crippen LogP contribution >= 0.6 is 37.2 Å². The SMILES string of the molecule is CC.CC(C(=O)N(C)c1ccccc1)N1CCOCCOCCNCCOCCOCC1.II. The fourth-order valence-electron chi connectivity index (χ4n) is 3.14. The molecule has 2 rings (SSSR count). The van der Waals surface area contributed by atoms with Gasteiger partial charge in [-0.2, -0.15) is 0 Å². The summed E-state index contributed by atoms with van der Waals surface area (Å²) in [6.45, 7) is 13.4. The molecule has 1 atom stereocenters. The Balaban J connectivity index is 0.00000258. The number of nitrogens with zero attached hydrogens (tertiary/aromatic N) is 2. The molecule has 1 aromatic carbocycles. The molecule has 1 N–H and O–H groups in total. The monoisotopic (exact) mass is 707 g/mol. The molecule has 1 aliphatic heterocycles. The van der Waals surface area contributed by atoms with E-state index >= 15 is 0 Å². The normalized spacial score (nSPS) is 18.5. The maximum Gasteiger partial charge on any atom is 0.243 e. The number of carbonyl (C=O) groups excluding carboxylic acids is 1. The smallest absolute Gasteiger partial charge is 0.243 e. The Kier molecular flexibility index (Phi) is 24.5. The Morgan fingerprint density at radius 2 is 1.29 bits per heavy atom. The van der Waals surface area contributed by atoms with E-state index in [1.165, 1.54) is 0 Å². The van der Waals surface area contributed by atoms with E-state index in [4.69, 9.17) is 18.9 Å². The average molecular weight is 707 g/mol. The predicted molar refractivity (Wildman–Crippen MR) is 156 cm³/mol. The van der Waals surface area contributed by atoms with Gasteiger partial charge in [-0.15, -0.1) is 0 Å². The summed E-state index contributed by atoms with van der Waals surface area (Å²) in [7, 11) is 1.81. The predicted octanol–water partition coefficient (Wildman–Crippen LogP) is 3.81. The Hall–Kier alpha value is -0.0900. The molecular weight excluding hydrogens is 664 g/mol. The molecule has 1 unspecified atom stereocenters. The van der Waals surface area contributed by atoms with Crippen LogP contribution in [0.4, 0.5) is 5.69 Å². The number of ether oxygens (including phenoxy) is 4. The first-order valence-electron chi connectivity index (χ1n) is 11.9. The molecule has 198 valence electrons. The summed E-state index contributed by atoms with van der Waals surface area (Å²) in [5.74, 6) is 0.0440. The first-order valence-corrected chi connectivity index (χ1v) is 18.2. The van der Waals surface area contributed by atoms with Gasteiger partial charge >= 0.3 is 0 Å². The van der Waals surface area contributed by atoms with Crippen molar-refractivity contribution in [3.8, 4) is 0 Å². The topological polar surface area (TPSA) is 72.5 Å². The van der Waals surface area contributed by atoms with Crippen LogP contribution in [0, 0.1) is 0 Å². The van der Waals surface area contributed by atoms with Crippen molar-refractivity contribution < 1.29 is 23.7 Å². The lowest BCUT2D eigenvalue weighted by Crippen LogP contribution is -2.48. The third-order valence-electron chi connectivity index (χ3n) is 5.02. The van der Waals surface area contributed by atoms with Crippen molar-refractivity contribution >= 4 is 48.8 Å². The van der Waals surface area contributed by atoms with E-state index in [9.17, 15) is 4.79 Å². The second kappa shape index (κ2) is 24.6. The molecule has 1 fully saturated rings. The number of hydrogen-bond acceptors (Lipinski definition) is 7. The quantitative estimate of drug-likeness (QED) is 0.480. The van der Waals surface area contributed by atoms with Crippen LogP contribution in [0.3, 0.4) is 0 Å². The van der Waals surface area contributed by atoms with Gasteiger partial charge in [0.05, 0.1) is 58.9 Å². The highest BCUT2D eigenvalue weighted by molar-refractivity contribution is 15.0. The molecule has 0 aliphatic carbocycles. The summed E-state index contributed by atoms with van der Waals surface area (Å²) >= 11 is 4.24. The lowest BCUT2D eigenvalue weighted by molar-refractivity contribution is -0.123. The summed E-state index contributed by atoms with van der Waals surface area (Å²) in [4.78, 5) is 16.8. The van der Waals surface area contributed by atoms with Gasteiger partial charge in [0.1, 0.15) is 0 Å². The van der Waals surface area contributed by atoms with Crippen molar-refractivity contribution in [1.29, 1.82) is 0 Å². The van der Waals surface area contributed by atoms with E-state index < -0.39 is 0 Å². The van der Waals surface area contributed by atoms with Crippen molar-refractivity contribution in [3.05, 3.63) is 30.3 Å². The lowest BCUT2D eigenvalue weighted by atomic mass is 10.2. The van der Waals surface area contributed by atoms with E-state index in [0.29, 0.717) is 65.9 Å². The molecule has 10 heteroatoms. The molecule has 1 saturated heterocycles. The molecule has 1 aromatic rings. The number of nitrogens with one attached hydrogen (secondary N) is 1. The lowest BCUT2D eigenvalue weighted by Gasteiger charge is -2.31. The van der Waals surface area contributed by atoms with Crippen LogP contribution in [-0.4, -0.2) is 103 Å². The highest BCUT2D eigenvalue weighted by Crippen LogP contribution is 2.14. The molecule has 1 heterocycles. The van der Waals surface area contributed by atoms with Gasteiger partial charge in [-0.05, 0) is 19.1 Å². The van der Waals surface area contributed by atoms with Gasteiger partial charge in [-0.1, -0.05) is 32.0 Å². The summed E-state index contributed by atoms with van der Waals surface area (Å²) in [5, 5.41) is 3.27. The number of carbonyl (C=O) groups is 1. The van der Waals surface area contributed by atoms with Crippen molar-refractivity contribution in [2.75, 3.05) is 91.0 Å². The Bertz CT molecular complexity index is 569. The second-order valence-corrected chi connectivity index (χ2v) is 7.14. The molecule has 0 saturated carbocycles.